The Balaban J connectivity index is 1.76. The third-order valence-corrected chi connectivity index (χ3v) is 4.17. The molecule has 1 fully saturated rings. The summed E-state index contributed by atoms with van der Waals surface area (Å²) in [6.07, 6.45) is 5.20. The van der Waals surface area contributed by atoms with E-state index in [2.05, 4.69) is 20.3 Å². The number of nitrogens with one attached hydrogen (secondary N) is 2. The van der Waals surface area contributed by atoms with E-state index in [1.807, 2.05) is 11.8 Å². The van der Waals surface area contributed by atoms with Gasteiger partial charge in [0, 0.05) is 49.8 Å². The lowest BCUT2D eigenvalue weighted by atomic mass is 10.1. The summed E-state index contributed by atoms with van der Waals surface area (Å²) in [5.41, 5.74) is 0.432. The molecule has 0 aliphatic carbocycles. The molecule has 128 valence electrons. The summed E-state index contributed by atoms with van der Waals surface area (Å²) < 4.78 is 1.62. The molecule has 24 heavy (non-hydrogen) atoms. The Labute approximate surface area is 139 Å². The van der Waals surface area contributed by atoms with Crippen LogP contribution in [0.1, 0.15) is 25.5 Å². The van der Waals surface area contributed by atoms with Crippen molar-refractivity contribution in [2.45, 2.75) is 39.3 Å². The SMILES string of the molecule is CCn1ccnc(NC2CCCN(c3nc(C)cc(=O)[nH]3)C2)c1=O. The van der Waals surface area contributed by atoms with E-state index in [4.69, 9.17) is 0 Å². The molecule has 1 atom stereocenters. The molecule has 0 saturated carbocycles. The maximum atomic E-state index is 12.3. The van der Waals surface area contributed by atoms with Crippen molar-refractivity contribution in [3.05, 3.63) is 44.9 Å². The Morgan fingerprint density at radius 2 is 2.25 bits per heavy atom. The molecule has 2 aromatic rings. The van der Waals surface area contributed by atoms with Gasteiger partial charge >= 0.3 is 0 Å². The monoisotopic (exact) mass is 330 g/mol. The first-order chi connectivity index (χ1) is 11.6. The summed E-state index contributed by atoms with van der Waals surface area (Å²) in [6, 6.07) is 1.56. The van der Waals surface area contributed by atoms with Crippen molar-refractivity contribution in [1.82, 2.24) is 19.5 Å². The molecule has 8 nitrogen and oxygen atoms in total. The van der Waals surface area contributed by atoms with Gasteiger partial charge in [-0.05, 0) is 26.7 Å². The van der Waals surface area contributed by atoms with Gasteiger partial charge in [0.1, 0.15) is 0 Å². The molecular weight excluding hydrogens is 308 g/mol. The summed E-state index contributed by atoms with van der Waals surface area (Å²) in [5, 5.41) is 3.25. The van der Waals surface area contributed by atoms with Crippen molar-refractivity contribution < 1.29 is 0 Å². The summed E-state index contributed by atoms with van der Waals surface area (Å²) in [7, 11) is 0. The van der Waals surface area contributed by atoms with Crippen LogP contribution in [0.3, 0.4) is 0 Å². The number of aryl methyl sites for hydroxylation is 2. The van der Waals surface area contributed by atoms with E-state index in [0.29, 0.717) is 30.5 Å². The average molecular weight is 330 g/mol. The summed E-state index contributed by atoms with van der Waals surface area (Å²) in [6.45, 7) is 5.83. The lowest BCUT2D eigenvalue weighted by Gasteiger charge is -2.33. The number of anilines is 2. The zero-order valence-corrected chi connectivity index (χ0v) is 14.0. The lowest BCUT2D eigenvalue weighted by Crippen LogP contribution is -2.44. The number of aromatic amines is 1. The van der Waals surface area contributed by atoms with Crippen molar-refractivity contribution in [3.63, 3.8) is 0 Å². The Hall–Kier alpha value is -2.64. The Bertz CT molecular complexity index is 828. The average Bonchev–Trinajstić information content (AvgIpc) is 2.56. The number of hydrogen-bond donors (Lipinski definition) is 2. The number of nitrogens with zero attached hydrogens (tertiary/aromatic N) is 4. The molecule has 2 aromatic heterocycles. The molecule has 8 heteroatoms. The fraction of sp³-hybridized carbons (Fsp3) is 0.500. The molecule has 0 bridgehead atoms. The maximum Gasteiger partial charge on any atom is 0.293 e. The summed E-state index contributed by atoms with van der Waals surface area (Å²) in [4.78, 5) is 37.3. The van der Waals surface area contributed by atoms with Crippen LogP contribution in [-0.4, -0.2) is 38.7 Å². The third-order valence-electron chi connectivity index (χ3n) is 4.17. The standard InChI is InChI=1S/C16H22N6O2/c1-3-21-8-6-17-14(15(21)24)19-12-5-4-7-22(10-12)16-18-11(2)9-13(23)20-16/h6,8-9,12H,3-5,7,10H2,1-2H3,(H,17,19)(H,18,20,23). The van der Waals surface area contributed by atoms with Crippen molar-refractivity contribution >= 4 is 11.8 Å². The third kappa shape index (κ3) is 3.47. The van der Waals surface area contributed by atoms with E-state index in [1.54, 1.807) is 23.9 Å². The fourth-order valence-corrected chi connectivity index (χ4v) is 2.99. The van der Waals surface area contributed by atoms with Gasteiger partial charge in [-0.25, -0.2) is 9.97 Å². The van der Waals surface area contributed by atoms with Gasteiger partial charge in [-0.15, -0.1) is 0 Å². The molecule has 1 aliphatic rings. The van der Waals surface area contributed by atoms with Crippen LogP contribution in [0.5, 0.6) is 0 Å². The molecule has 1 aliphatic heterocycles. The first-order valence-electron chi connectivity index (χ1n) is 8.21. The molecule has 2 N–H and O–H groups in total. The molecule has 1 saturated heterocycles. The van der Waals surface area contributed by atoms with E-state index in [-0.39, 0.29) is 17.2 Å². The van der Waals surface area contributed by atoms with E-state index >= 15 is 0 Å². The van der Waals surface area contributed by atoms with Gasteiger partial charge in [0.05, 0.1) is 0 Å². The molecule has 3 heterocycles. The van der Waals surface area contributed by atoms with Crippen molar-refractivity contribution in [3.8, 4) is 0 Å². The van der Waals surface area contributed by atoms with Crippen molar-refractivity contribution in [2.24, 2.45) is 0 Å². The normalized spacial score (nSPS) is 17.8. The summed E-state index contributed by atoms with van der Waals surface area (Å²) >= 11 is 0. The predicted molar refractivity (Wildman–Crippen MR) is 92.6 cm³/mol. The summed E-state index contributed by atoms with van der Waals surface area (Å²) in [5.74, 6) is 0.954. The second-order valence-electron chi connectivity index (χ2n) is 6.01. The second kappa shape index (κ2) is 6.86. The van der Waals surface area contributed by atoms with Crippen LogP contribution in [0, 0.1) is 6.92 Å². The first-order valence-corrected chi connectivity index (χ1v) is 8.21. The van der Waals surface area contributed by atoms with Crippen LogP contribution in [0.15, 0.2) is 28.0 Å². The van der Waals surface area contributed by atoms with Gasteiger partial charge in [0.2, 0.25) is 5.95 Å². The van der Waals surface area contributed by atoms with E-state index in [0.717, 1.165) is 19.4 Å². The quantitative estimate of drug-likeness (QED) is 0.858. The second-order valence-corrected chi connectivity index (χ2v) is 6.01. The number of piperidine rings is 1. The number of H-pyrrole nitrogens is 1. The maximum absolute atomic E-state index is 12.3. The predicted octanol–water partition coefficient (Wildman–Crippen LogP) is 0.736. The first kappa shape index (κ1) is 16.2. The zero-order chi connectivity index (χ0) is 17.1. The number of hydrogen-bond acceptors (Lipinski definition) is 6. The van der Waals surface area contributed by atoms with Gasteiger partial charge in [0.15, 0.2) is 5.82 Å². The Kier molecular flexibility index (Phi) is 4.64. The van der Waals surface area contributed by atoms with Crippen molar-refractivity contribution in [1.29, 1.82) is 0 Å². The largest absolute Gasteiger partial charge is 0.361 e. The van der Waals surface area contributed by atoms with Crippen LogP contribution < -0.4 is 21.3 Å². The van der Waals surface area contributed by atoms with E-state index < -0.39 is 0 Å². The molecular formula is C16H22N6O2. The van der Waals surface area contributed by atoms with Crippen LogP contribution >= 0.6 is 0 Å². The van der Waals surface area contributed by atoms with E-state index in [9.17, 15) is 9.59 Å². The fourth-order valence-electron chi connectivity index (χ4n) is 2.99. The smallest absolute Gasteiger partial charge is 0.293 e. The highest BCUT2D eigenvalue weighted by atomic mass is 16.1. The molecule has 0 spiro atoms. The topological polar surface area (TPSA) is 95.9 Å². The van der Waals surface area contributed by atoms with Gasteiger partial charge in [-0.3, -0.25) is 14.6 Å². The minimum Gasteiger partial charge on any atom is -0.361 e. The highest BCUT2D eigenvalue weighted by Gasteiger charge is 2.22. The Morgan fingerprint density at radius 3 is 3.00 bits per heavy atom. The highest BCUT2D eigenvalue weighted by molar-refractivity contribution is 5.36. The number of aromatic nitrogens is 4. The molecule has 0 radical (unpaired) electrons. The Morgan fingerprint density at radius 1 is 1.42 bits per heavy atom. The highest BCUT2D eigenvalue weighted by Crippen LogP contribution is 2.17. The molecule has 0 aromatic carbocycles. The minimum absolute atomic E-state index is 0.0810. The van der Waals surface area contributed by atoms with E-state index in [1.165, 1.54) is 6.07 Å². The minimum atomic E-state index is -0.150. The van der Waals surface area contributed by atoms with Crippen LogP contribution in [-0.2, 0) is 6.54 Å². The van der Waals surface area contributed by atoms with Crippen LogP contribution in [0.25, 0.3) is 0 Å². The molecule has 1 unspecified atom stereocenters. The lowest BCUT2D eigenvalue weighted by molar-refractivity contribution is 0.519. The van der Waals surface area contributed by atoms with Crippen LogP contribution in [0.2, 0.25) is 0 Å². The van der Waals surface area contributed by atoms with Gasteiger partial charge in [-0.1, -0.05) is 0 Å². The van der Waals surface area contributed by atoms with Gasteiger partial charge < -0.3 is 14.8 Å². The molecule has 3 rings (SSSR count). The van der Waals surface area contributed by atoms with Gasteiger partial charge in [0.25, 0.3) is 11.1 Å². The van der Waals surface area contributed by atoms with Crippen LogP contribution in [0.4, 0.5) is 11.8 Å². The number of rotatable bonds is 4. The van der Waals surface area contributed by atoms with Gasteiger partial charge in [-0.2, -0.15) is 0 Å². The molecule has 0 amide bonds. The zero-order valence-electron chi connectivity index (χ0n) is 14.0. The van der Waals surface area contributed by atoms with Crippen molar-refractivity contribution in [2.75, 3.05) is 23.3 Å².